The molecule has 0 radical (unpaired) electrons. The molecule has 3 aromatic rings. The molecule has 1 aromatic heterocycles. The fraction of sp³-hybridized carbons (Fsp3) is 0.200. The van der Waals surface area contributed by atoms with Gasteiger partial charge in [0.1, 0.15) is 0 Å². The first kappa shape index (κ1) is 22.2. The van der Waals surface area contributed by atoms with E-state index in [-0.39, 0.29) is 36.6 Å². The molecule has 1 fully saturated rings. The highest BCUT2D eigenvalue weighted by atomic mass is 32.2. The molecule has 1 saturated heterocycles. The molecular weight excluding hydrogens is 454 g/mol. The van der Waals surface area contributed by atoms with Gasteiger partial charge in [0, 0.05) is 61.5 Å². The van der Waals surface area contributed by atoms with Crippen molar-refractivity contribution in [2.45, 2.75) is 4.90 Å². The SMILES string of the molecule is O=C(c1cc([N+](=O)[O-])cc([N+](=O)[O-])c1)N1CCN(S(=O)(=O)c2cccc3cnccc23)CC1. The average molecular weight is 471 g/mol. The number of sulfonamides is 1. The molecule has 4 rings (SSSR count). The Morgan fingerprint density at radius 2 is 1.58 bits per heavy atom. The molecule has 0 unspecified atom stereocenters. The Labute approximate surface area is 187 Å². The van der Waals surface area contributed by atoms with Crippen LogP contribution in [0.3, 0.4) is 0 Å². The number of nitrogens with zero attached hydrogens (tertiary/aromatic N) is 5. The second kappa shape index (κ2) is 8.52. The summed E-state index contributed by atoms with van der Waals surface area (Å²) in [5.41, 5.74) is -1.34. The first-order valence-corrected chi connectivity index (χ1v) is 11.2. The average Bonchev–Trinajstić information content (AvgIpc) is 2.82. The highest BCUT2D eigenvalue weighted by Gasteiger charge is 2.32. The predicted octanol–water partition coefficient (Wildman–Crippen LogP) is 2.20. The van der Waals surface area contributed by atoms with Crippen LogP contribution in [0.15, 0.2) is 59.8 Å². The number of amides is 1. The minimum Gasteiger partial charge on any atom is -0.336 e. The van der Waals surface area contributed by atoms with Gasteiger partial charge in [-0.3, -0.25) is 30.0 Å². The summed E-state index contributed by atoms with van der Waals surface area (Å²) < 4.78 is 27.7. The number of nitro benzene ring substituents is 2. The Bertz CT molecular complexity index is 1350. The molecule has 0 atom stereocenters. The van der Waals surface area contributed by atoms with Crippen molar-refractivity contribution >= 4 is 38.1 Å². The summed E-state index contributed by atoms with van der Waals surface area (Å²) in [5, 5.41) is 23.4. The van der Waals surface area contributed by atoms with Crippen LogP contribution in [0.5, 0.6) is 0 Å². The number of aromatic nitrogens is 1. The second-order valence-electron chi connectivity index (χ2n) is 7.30. The minimum atomic E-state index is -3.85. The first-order valence-electron chi connectivity index (χ1n) is 9.74. The molecule has 0 bridgehead atoms. The van der Waals surface area contributed by atoms with Crippen LogP contribution in [-0.2, 0) is 10.0 Å². The molecule has 13 heteroatoms. The molecule has 1 aliphatic heterocycles. The fourth-order valence-electron chi connectivity index (χ4n) is 3.70. The number of non-ortho nitro benzene ring substituents is 2. The molecule has 0 aliphatic carbocycles. The molecule has 33 heavy (non-hydrogen) atoms. The van der Waals surface area contributed by atoms with Gasteiger partial charge in [-0.15, -0.1) is 0 Å². The molecule has 0 saturated carbocycles. The van der Waals surface area contributed by atoms with Crippen LogP contribution in [0.2, 0.25) is 0 Å². The van der Waals surface area contributed by atoms with Gasteiger partial charge in [0.05, 0.1) is 26.4 Å². The van der Waals surface area contributed by atoms with E-state index in [4.69, 9.17) is 0 Å². The van der Waals surface area contributed by atoms with Crippen molar-refractivity contribution in [1.29, 1.82) is 0 Å². The normalized spacial score (nSPS) is 14.8. The van der Waals surface area contributed by atoms with Gasteiger partial charge in [0.2, 0.25) is 10.0 Å². The summed E-state index contributed by atoms with van der Waals surface area (Å²) in [6, 6.07) is 9.25. The highest BCUT2D eigenvalue weighted by molar-refractivity contribution is 7.89. The zero-order valence-electron chi connectivity index (χ0n) is 17.0. The monoisotopic (exact) mass is 471 g/mol. The number of rotatable bonds is 5. The van der Waals surface area contributed by atoms with E-state index >= 15 is 0 Å². The van der Waals surface area contributed by atoms with Gasteiger partial charge in [-0.25, -0.2) is 8.42 Å². The van der Waals surface area contributed by atoms with Crippen LogP contribution in [0.1, 0.15) is 10.4 Å². The van der Waals surface area contributed by atoms with Crippen LogP contribution >= 0.6 is 0 Å². The third kappa shape index (κ3) is 4.23. The van der Waals surface area contributed by atoms with Crippen LogP contribution in [0.4, 0.5) is 11.4 Å². The van der Waals surface area contributed by atoms with Gasteiger partial charge >= 0.3 is 0 Å². The molecular formula is C20H17N5O7S. The van der Waals surface area contributed by atoms with Crippen molar-refractivity contribution in [2.75, 3.05) is 26.2 Å². The quantitative estimate of drug-likeness (QED) is 0.405. The standard InChI is InChI=1S/C20H17N5O7S/c26-20(15-10-16(24(27)28)12-17(11-15)25(29)30)22-6-8-23(9-7-22)33(31,32)19-3-1-2-14-13-21-5-4-18(14)19/h1-5,10-13H,6-9H2. The van der Waals surface area contributed by atoms with Crippen LogP contribution in [0.25, 0.3) is 10.8 Å². The molecule has 0 spiro atoms. The van der Waals surface area contributed by atoms with Crippen molar-refractivity contribution in [1.82, 2.24) is 14.2 Å². The third-order valence-electron chi connectivity index (χ3n) is 5.36. The van der Waals surface area contributed by atoms with E-state index in [2.05, 4.69) is 4.98 Å². The Morgan fingerprint density at radius 3 is 2.18 bits per heavy atom. The molecule has 1 amide bonds. The lowest BCUT2D eigenvalue weighted by Crippen LogP contribution is -2.50. The summed E-state index contributed by atoms with van der Waals surface area (Å²) in [5.74, 6) is -0.643. The maximum absolute atomic E-state index is 13.2. The van der Waals surface area contributed by atoms with E-state index in [0.29, 0.717) is 10.8 Å². The Morgan fingerprint density at radius 1 is 0.939 bits per heavy atom. The predicted molar refractivity (Wildman–Crippen MR) is 116 cm³/mol. The number of carbonyl (C=O) groups is 1. The maximum atomic E-state index is 13.2. The van der Waals surface area contributed by atoms with E-state index in [1.165, 1.54) is 21.5 Å². The second-order valence-corrected chi connectivity index (χ2v) is 9.21. The molecule has 0 N–H and O–H groups in total. The summed E-state index contributed by atoms with van der Waals surface area (Å²) in [6.07, 6.45) is 3.08. The largest absolute Gasteiger partial charge is 0.336 e. The van der Waals surface area contributed by atoms with Crippen molar-refractivity contribution in [3.05, 3.63) is 80.7 Å². The van der Waals surface area contributed by atoms with Gasteiger partial charge in [-0.05, 0) is 12.1 Å². The number of carbonyl (C=O) groups excluding carboxylic acids is 1. The number of nitro groups is 2. The van der Waals surface area contributed by atoms with E-state index in [1.54, 1.807) is 24.4 Å². The van der Waals surface area contributed by atoms with Crippen molar-refractivity contribution < 1.29 is 23.1 Å². The molecule has 12 nitrogen and oxygen atoms in total. The molecule has 2 aromatic carbocycles. The lowest BCUT2D eigenvalue weighted by molar-refractivity contribution is -0.394. The smallest absolute Gasteiger partial charge is 0.277 e. The topological polar surface area (TPSA) is 157 Å². The number of fused-ring (bicyclic) bond motifs is 1. The van der Waals surface area contributed by atoms with E-state index in [9.17, 15) is 33.4 Å². The van der Waals surface area contributed by atoms with Crippen LogP contribution in [0, 0.1) is 20.2 Å². The highest BCUT2D eigenvalue weighted by Crippen LogP contribution is 2.27. The van der Waals surface area contributed by atoms with Crippen molar-refractivity contribution in [3.63, 3.8) is 0 Å². The summed E-state index contributed by atoms with van der Waals surface area (Å²) in [6.45, 7) is 0.0703. The zero-order valence-corrected chi connectivity index (χ0v) is 17.8. The Hall–Kier alpha value is -3.97. The summed E-state index contributed by atoms with van der Waals surface area (Å²) in [4.78, 5) is 38.9. The summed E-state index contributed by atoms with van der Waals surface area (Å²) >= 11 is 0. The Balaban J connectivity index is 1.55. The van der Waals surface area contributed by atoms with Gasteiger partial charge in [0.15, 0.2) is 0 Å². The van der Waals surface area contributed by atoms with Gasteiger partial charge in [-0.2, -0.15) is 4.31 Å². The number of benzene rings is 2. The van der Waals surface area contributed by atoms with Crippen LogP contribution < -0.4 is 0 Å². The van der Waals surface area contributed by atoms with E-state index in [0.717, 1.165) is 18.2 Å². The van der Waals surface area contributed by atoms with Gasteiger partial charge < -0.3 is 4.90 Å². The minimum absolute atomic E-state index is 0.00651. The van der Waals surface area contributed by atoms with Crippen molar-refractivity contribution in [3.8, 4) is 0 Å². The summed E-state index contributed by atoms with van der Waals surface area (Å²) in [7, 11) is -3.85. The maximum Gasteiger partial charge on any atom is 0.277 e. The fourth-order valence-corrected chi connectivity index (χ4v) is 5.34. The number of hydrogen-bond acceptors (Lipinski definition) is 8. The third-order valence-corrected chi connectivity index (χ3v) is 7.31. The molecule has 1 aliphatic rings. The first-order chi connectivity index (χ1) is 15.7. The Kier molecular flexibility index (Phi) is 5.74. The zero-order chi connectivity index (χ0) is 23.8. The molecule has 2 heterocycles. The van der Waals surface area contributed by atoms with Crippen molar-refractivity contribution in [2.24, 2.45) is 0 Å². The van der Waals surface area contributed by atoms with Gasteiger partial charge in [-0.1, -0.05) is 12.1 Å². The lowest BCUT2D eigenvalue weighted by Gasteiger charge is -2.34. The molecule has 170 valence electrons. The van der Waals surface area contributed by atoms with E-state index < -0.39 is 37.2 Å². The lowest BCUT2D eigenvalue weighted by atomic mass is 10.1. The van der Waals surface area contributed by atoms with E-state index in [1.807, 2.05) is 0 Å². The number of hydrogen-bond donors (Lipinski definition) is 0. The van der Waals surface area contributed by atoms with Gasteiger partial charge in [0.25, 0.3) is 17.3 Å². The van der Waals surface area contributed by atoms with Crippen LogP contribution in [-0.4, -0.2) is 64.5 Å². The number of piperazine rings is 1. The number of pyridine rings is 1.